The Balaban J connectivity index is 2.13. The third-order valence-electron chi connectivity index (χ3n) is 3.77. The maximum Gasteiger partial charge on any atom is 0.0426 e. The van der Waals surface area contributed by atoms with Crippen LogP contribution in [0, 0.1) is 11.8 Å². The fourth-order valence-corrected chi connectivity index (χ4v) is 2.60. The highest BCUT2D eigenvalue weighted by atomic mass is 14.6. The zero-order chi connectivity index (χ0) is 14.5. The molecule has 0 amide bonds. The summed E-state index contributed by atoms with van der Waals surface area (Å²) in [5, 5.41) is 2.39. The number of allylic oxidation sites excluding steroid dienone is 2. The summed E-state index contributed by atoms with van der Waals surface area (Å²) < 4.78 is 0. The molecule has 3 rings (SSSR count). The molecule has 0 atom stereocenters. The summed E-state index contributed by atoms with van der Waals surface area (Å²) in [6, 6.07) is 10.5. The van der Waals surface area contributed by atoms with Crippen molar-refractivity contribution < 1.29 is 0 Å². The molecule has 21 heavy (non-hydrogen) atoms. The Morgan fingerprint density at radius 2 is 2.00 bits per heavy atom. The molecule has 1 nitrogen and oxygen atoms in total. The van der Waals surface area contributed by atoms with E-state index in [2.05, 4.69) is 72.3 Å². The molecule has 1 N–H and O–H groups in total. The van der Waals surface area contributed by atoms with Gasteiger partial charge in [-0.05, 0) is 43.0 Å². The minimum atomic E-state index is 1.01. The normalized spacial score (nSPS) is 19.2. The van der Waals surface area contributed by atoms with Gasteiger partial charge in [0.1, 0.15) is 0 Å². The fourth-order valence-electron chi connectivity index (χ4n) is 2.60. The minimum Gasteiger partial charge on any atom is -0.361 e. The van der Waals surface area contributed by atoms with Gasteiger partial charge in [0.2, 0.25) is 0 Å². The van der Waals surface area contributed by atoms with Crippen LogP contribution in [-0.4, -0.2) is 4.98 Å². The van der Waals surface area contributed by atoms with E-state index < -0.39 is 0 Å². The Hall–Kier alpha value is -2.46. The third kappa shape index (κ3) is 3.01. The summed E-state index contributed by atoms with van der Waals surface area (Å²) in [4.78, 5) is 3.30. The van der Waals surface area contributed by atoms with Gasteiger partial charge in [-0.25, -0.2) is 0 Å². The predicted molar refractivity (Wildman–Crippen MR) is 89.0 cm³/mol. The topological polar surface area (TPSA) is 15.8 Å². The molecule has 0 fully saturated rings. The highest BCUT2D eigenvalue weighted by Gasteiger charge is 1.98. The van der Waals surface area contributed by atoms with Crippen molar-refractivity contribution in [2.24, 2.45) is 0 Å². The van der Waals surface area contributed by atoms with Crippen LogP contribution >= 0.6 is 0 Å². The van der Waals surface area contributed by atoms with Gasteiger partial charge in [-0.15, -0.1) is 0 Å². The second-order valence-electron chi connectivity index (χ2n) is 5.16. The molecular formula is C20H19N. The second kappa shape index (κ2) is 6.33. The Kier molecular flexibility index (Phi) is 4.07. The molecule has 1 heteroatoms. The average molecular weight is 273 g/mol. The van der Waals surface area contributed by atoms with Crippen LogP contribution in [0.2, 0.25) is 0 Å². The maximum absolute atomic E-state index is 3.36. The van der Waals surface area contributed by atoms with Gasteiger partial charge >= 0.3 is 0 Å². The Labute approximate surface area is 125 Å². The summed E-state index contributed by atoms with van der Waals surface area (Å²) in [5.41, 5.74) is 3.53. The number of H-pyrrole nitrogens is 1. The van der Waals surface area contributed by atoms with Crippen LogP contribution in [0.1, 0.15) is 30.9 Å². The van der Waals surface area contributed by atoms with E-state index >= 15 is 0 Å². The average Bonchev–Trinajstić information content (AvgIpc) is 2.95. The number of fused-ring (bicyclic) bond motifs is 1. The molecule has 1 aliphatic carbocycles. The smallest absolute Gasteiger partial charge is 0.0426 e. The van der Waals surface area contributed by atoms with Gasteiger partial charge in [0.25, 0.3) is 0 Å². The van der Waals surface area contributed by atoms with Crippen LogP contribution in [-0.2, 0) is 6.42 Å². The van der Waals surface area contributed by atoms with Crippen molar-refractivity contribution in [1.29, 1.82) is 0 Å². The number of hydrogen-bond acceptors (Lipinski definition) is 0. The van der Waals surface area contributed by atoms with E-state index in [-0.39, 0.29) is 0 Å². The Morgan fingerprint density at radius 1 is 1.10 bits per heavy atom. The van der Waals surface area contributed by atoms with Gasteiger partial charge in [0, 0.05) is 27.9 Å². The van der Waals surface area contributed by atoms with Crippen molar-refractivity contribution in [2.45, 2.75) is 26.2 Å². The van der Waals surface area contributed by atoms with Gasteiger partial charge in [0.05, 0.1) is 0 Å². The number of nitrogens with one attached hydrogen (secondary N) is 1. The molecule has 0 bridgehead atoms. The lowest BCUT2D eigenvalue weighted by atomic mass is 10.0. The number of aromatic nitrogens is 1. The van der Waals surface area contributed by atoms with E-state index in [1.165, 1.54) is 16.1 Å². The first-order chi connectivity index (χ1) is 10.4. The molecule has 0 saturated heterocycles. The van der Waals surface area contributed by atoms with Crippen molar-refractivity contribution >= 4 is 11.6 Å². The predicted octanol–water partition coefficient (Wildman–Crippen LogP) is 2.91. The molecule has 1 heterocycles. The van der Waals surface area contributed by atoms with E-state index in [1.807, 2.05) is 6.20 Å². The first kappa shape index (κ1) is 13.5. The molecule has 0 saturated carbocycles. The zero-order valence-corrected chi connectivity index (χ0v) is 12.3. The van der Waals surface area contributed by atoms with Crippen LogP contribution in [0.15, 0.2) is 48.7 Å². The van der Waals surface area contributed by atoms with Gasteiger partial charge in [0.15, 0.2) is 0 Å². The quantitative estimate of drug-likeness (QED) is 0.769. The summed E-state index contributed by atoms with van der Waals surface area (Å²) in [6.45, 7) is 2.17. The van der Waals surface area contributed by atoms with Gasteiger partial charge in [-0.3, -0.25) is 0 Å². The first-order valence-corrected chi connectivity index (χ1v) is 7.53. The Bertz CT molecular complexity index is 838. The molecule has 1 aromatic carbocycles. The summed E-state index contributed by atoms with van der Waals surface area (Å²) >= 11 is 0. The number of aromatic amines is 1. The molecular weight excluding hydrogens is 254 g/mol. The SMILES string of the molecule is CCc1ccccc1C#CC1=c2\cc[nH]\c2=C/CC/C=C\1. The monoisotopic (exact) mass is 273 g/mol. The van der Waals surface area contributed by atoms with Crippen molar-refractivity contribution in [2.75, 3.05) is 0 Å². The van der Waals surface area contributed by atoms with E-state index in [9.17, 15) is 0 Å². The molecule has 1 aliphatic rings. The van der Waals surface area contributed by atoms with E-state index in [4.69, 9.17) is 0 Å². The molecule has 1 aromatic heterocycles. The van der Waals surface area contributed by atoms with Gasteiger partial charge < -0.3 is 4.98 Å². The highest BCUT2D eigenvalue weighted by Crippen LogP contribution is 2.08. The minimum absolute atomic E-state index is 1.01. The van der Waals surface area contributed by atoms with Crippen LogP contribution in [0.4, 0.5) is 0 Å². The lowest BCUT2D eigenvalue weighted by Gasteiger charge is -2.00. The van der Waals surface area contributed by atoms with Crippen molar-refractivity contribution in [1.82, 2.24) is 4.98 Å². The van der Waals surface area contributed by atoms with E-state index in [1.54, 1.807) is 0 Å². The van der Waals surface area contributed by atoms with Crippen LogP contribution in [0.3, 0.4) is 0 Å². The number of rotatable bonds is 1. The number of hydrogen-bond donors (Lipinski definition) is 1. The number of aryl methyl sites for hydroxylation is 1. The van der Waals surface area contributed by atoms with Gasteiger partial charge in [-0.1, -0.05) is 49.1 Å². The molecule has 0 spiro atoms. The highest BCUT2D eigenvalue weighted by molar-refractivity contribution is 5.74. The standard InChI is InChI=1S/C20H19N/c1-2-16-8-6-7-9-17(16)12-13-18-10-4-3-5-11-20-19(18)14-15-21-20/h4,6-11,14-15,21H,2-3,5H2,1H3/b10-4-,19-18+,20-11-. The molecule has 0 unspecified atom stereocenters. The molecule has 2 aromatic rings. The number of benzene rings is 1. The fraction of sp³-hybridized carbons (Fsp3) is 0.200. The first-order valence-electron chi connectivity index (χ1n) is 7.53. The van der Waals surface area contributed by atoms with Crippen LogP contribution < -0.4 is 10.6 Å². The van der Waals surface area contributed by atoms with Crippen molar-refractivity contribution in [3.8, 4) is 11.8 Å². The third-order valence-corrected chi connectivity index (χ3v) is 3.77. The summed E-state index contributed by atoms with van der Waals surface area (Å²) in [5.74, 6) is 6.71. The lowest BCUT2D eigenvalue weighted by molar-refractivity contribution is 1.08. The zero-order valence-electron chi connectivity index (χ0n) is 12.3. The maximum atomic E-state index is 3.36. The molecule has 0 radical (unpaired) electrons. The molecule has 0 aliphatic heterocycles. The van der Waals surface area contributed by atoms with Crippen LogP contribution in [0.25, 0.3) is 11.6 Å². The summed E-state index contributed by atoms with van der Waals surface area (Å²) in [6.07, 6.45) is 11.8. The second-order valence-corrected chi connectivity index (χ2v) is 5.16. The van der Waals surface area contributed by atoms with E-state index in [0.717, 1.165) is 30.4 Å². The molecule has 104 valence electrons. The van der Waals surface area contributed by atoms with E-state index in [0.29, 0.717) is 0 Å². The largest absolute Gasteiger partial charge is 0.361 e. The summed E-state index contributed by atoms with van der Waals surface area (Å²) in [7, 11) is 0. The lowest BCUT2D eigenvalue weighted by Crippen LogP contribution is -2.24. The van der Waals surface area contributed by atoms with Crippen molar-refractivity contribution in [3.63, 3.8) is 0 Å². The Morgan fingerprint density at radius 3 is 2.90 bits per heavy atom. The van der Waals surface area contributed by atoms with Crippen LogP contribution in [0.5, 0.6) is 0 Å². The van der Waals surface area contributed by atoms with Gasteiger partial charge in [-0.2, -0.15) is 0 Å². The van der Waals surface area contributed by atoms with Crippen molar-refractivity contribution in [3.05, 3.63) is 70.4 Å².